The van der Waals surface area contributed by atoms with Gasteiger partial charge in [-0.15, -0.1) is 0 Å². The van der Waals surface area contributed by atoms with Crippen molar-refractivity contribution in [2.75, 3.05) is 0 Å². The van der Waals surface area contributed by atoms with Crippen LogP contribution in [0.2, 0.25) is 5.02 Å². The van der Waals surface area contributed by atoms with Crippen molar-refractivity contribution >= 4 is 23.2 Å². The third-order valence-corrected chi connectivity index (χ3v) is 2.76. The van der Waals surface area contributed by atoms with Crippen molar-refractivity contribution < 1.29 is 4.79 Å². The summed E-state index contributed by atoms with van der Waals surface area (Å²) in [4.78, 5) is 14.8. The minimum absolute atomic E-state index is 0.327. The molecule has 4 nitrogen and oxygen atoms in total. The largest absolute Gasteiger partial charge is 0.360 e. The maximum absolute atomic E-state index is 11.8. The highest BCUT2D eigenvalue weighted by molar-refractivity contribution is 6.33. The second kappa shape index (κ2) is 5.51. The zero-order valence-corrected chi connectivity index (χ0v) is 10.5. The fraction of sp³-hybridized carbons (Fsp3) is 0.0769. The van der Waals surface area contributed by atoms with Crippen LogP contribution in [0, 0.1) is 0 Å². The Morgan fingerprint density at radius 3 is 2.72 bits per heavy atom. The Bertz CT molecular complexity index is 576. The Morgan fingerprint density at radius 1 is 1.28 bits per heavy atom. The second-order valence-electron chi connectivity index (χ2n) is 3.70. The number of nitrogens with zero attached hydrogens (tertiary/aromatic N) is 1. The Kier molecular flexibility index (Phi) is 3.79. The van der Waals surface area contributed by atoms with Crippen LogP contribution in [0.3, 0.4) is 0 Å². The summed E-state index contributed by atoms with van der Waals surface area (Å²) in [7, 11) is 0. The van der Waals surface area contributed by atoms with Gasteiger partial charge < -0.3 is 4.98 Å². The van der Waals surface area contributed by atoms with Crippen LogP contribution in [0.1, 0.15) is 23.0 Å². The number of carbonyl (C=O) groups is 1. The first-order chi connectivity index (χ1) is 8.68. The van der Waals surface area contributed by atoms with E-state index in [1.807, 2.05) is 12.1 Å². The summed E-state index contributed by atoms with van der Waals surface area (Å²) in [5.41, 5.74) is 4.43. The molecule has 18 heavy (non-hydrogen) atoms. The number of aromatic amines is 1. The Balaban J connectivity index is 2.09. The summed E-state index contributed by atoms with van der Waals surface area (Å²) in [6.07, 6.45) is 1.80. The van der Waals surface area contributed by atoms with Crippen LogP contribution < -0.4 is 5.43 Å². The smallest absolute Gasteiger partial charge is 0.272 e. The van der Waals surface area contributed by atoms with E-state index >= 15 is 0 Å². The van der Waals surface area contributed by atoms with Gasteiger partial charge in [-0.2, -0.15) is 5.10 Å². The van der Waals surface area contributed by atoms with E-state index in [1.54, 1.807) is 37.4 Å². The molecule has 0 bridgehead atoms. The molecule has 0 radical (unpaired) electrons. The van der Waals surface area contributed by atoms with Gasteiger partial charge in [-0.05, 0) is 31.2 Å². The molecular formula is C13H12ClN3O. The normalized spacial score (nSPS) is 11.3. The van der Waals surface area contributed by atoms with E-state index in [0.29, 0.717) is 16.3 Å². The lowest BCUT2D eigenvalue weighted by atomic mass is 10.2. The third-order valence-electron chi connectivity index (χ3n) is 2.43. The Morgan fingerprint density at radius 2 is 2.06 bits per heavy atom. The van der Waals surface area contributed by atoms with Gasteiger partial charge in [0.05, 0.1) is 22.0 Å². The lowest BCUT2D eigenvalue weighted by Gasteiger charge is -2.03. The molecule has 92 valence electrons. The summed E-state index contributed by atoms with van der Waals surface area (Å²) < 4.78 is 0. The molecule has 0 unspecified atom stereocenters. The molecule has 0 spiro atoms. The number of aromatic nitrogens is 1. The van der Waals surface area contributed by atoms with Crippen LogP contribution in [0.4, 0.5) is 0 Å². The molecule has 1 amide bonds. The quantitative estimate of drug-likeness (QED) is 0.648. The van der Waals surface area contributed by atoms with Gasteiger partial charge in [-0.1, -0.05) is 23.7 Å². The van der Waals surface area contributed by atoms with Gasteiger partial charge in [0.2, 0.25) is 0 Å². The van der Waals surface area contributed by atoms with Crippen molar-refractivity contribution in [3.63, 3.8) is 0 Å². The third kappa shape index (κ3) is 2.78. The molecule has 0 saturated carbocycles. The molecular weight excluding hydrogens is 250 g/mol. The lowest BCUT2D eigenvalue weighted by molar-refractivity contribution is 0.0955. The van der Waals surface area contributed by atoms with Crippen molar-refractivity contribution in [3.05, 3.63) is 58.9 Å². The van der Waals surface area contributed by atoms with Gasteiger partial charge in [0.1, 0.15) is 0 Å². The number of rotatable bonds is 3. The number of hydrogen-bond acceptors (Lipinski definition) is 2. The molecule has 2 rings (SSSR count). The average Bonchev–Trinajstić information content (AvgIpc) is 2.90. The van der Waals surface area contributed by atoms with Crippen molar-refractivity contribution in [1.82, 2.24) is 10.4 Å². The number of halogens is 1. The minimum atomic E-state index is -0.327. The Labute approximate surface area is 110 Å². The van der Waals surface area contributed by atoms with Crippen LogP contribution in [0.5, 0.6) is 0 Å². The van der Waals surface area contributed by atoms with E-state index in [1.165, 1.54) is 0 Å². The summed E-state index contributed by atoms with van der Waals surface area (Å²) in [5, 5.41) is 4.42. The number of hydrazone groups is 1. The topological polar surface area (TPSA) is 57.2 Å². The number of nitrogens with one attached hydrogen (secondary N) is 2. The van der Waals surface area contributed by atoms with Gasteiger partial charge in [0.15, 0.2) is 0 Å². The SMILES string of the molecule is CC(=NNC(=O)c1ccccc1Cl)c1ccc[nH]1. The van der Waals surface area contributed by atoms with Gasteiger partial charge in [0, 0.05) is 6.20 Å². The molecule has 1 heterocycles. The van der Waals surface area contributed by atoms with Crippen molar-refractivity contribution in [3.8, 4) is 0 Å². The highest BCUT2D eigenvalue weighted by Gasteiger charge is 2.08. The van der Waals surface area contributed by atoms with Crippen LogP contribution in [-0.2, 0) is 0 Å². The first-order valence-corrected chi connectivity index (χ1v) is 5.79. The minimum Gasteiger partial charge on any atom is -0.360 e. The molecule has 0 fully saturated rings. The van der Waals surface area contributed by atoms with E-state index in [0.717, 1.165) is 5.69 Å². The van der Waals surface area contributed by atoms with Gasteiger partial charge in [-0.25, -0.2) is 5.43 Å². The Hall–Kier alpha value is -2.07. The summed E-state index contributed by atoms with van der Waals surface area (Å²) in [6, 6.07) is 10.6. The first kappa shape index (κ1) is 12.4. The predicted octanol–water partition coefficient (Wildman–Crippen LogP) is 2.82. The van der Waals surface area contributed by atoms with Gasteiger partial charge in [-0.3, -0.25) is 4.79 Å². The van der Waals surface area contributed by atoms with Crippen LogP contribution in [0.25, 0.3) is 0 Å². The number of benzene rings is 1. The molecule has 0 saturated heterocycles. The maximum atomic E-state index is 11.8. The maximum Gasteiger partial charge on any atom is 0.272 e. The molecule has 1 aromatic heterocycles. The molecule has 0 aliphatic heterocycles. The lowest BCUT2D eigenvalue weighted by Crippen LogP contribution is -2.19. The predicted molar refractivity (Wildman–Crippen MR) is 71.9 cm³/mol. The van der Waals surface area contributed by atoms with Crippen molar-refractivity contribution in [2.45, 2.75) is 6.92 Å². The van der Waals surface area contributed by atoms with E-state index in [9.17, 15) is 4.79 Å². The first-order valence-electron chi connectivity index (χ1n) is 5.41. The highest BCUT2D eigenvalue weighted by atomic mass is 35.5. The van der Waals surface area contributed by atoms with E-state index in [-0.39, 0.29) is 5.91 Å². The monoisotopic (exact) mass is 261 g/mol. The summed E-state index contributed by atoms with van der Waals surface area (Å²) >= 11 is 5.92. The van der Waals surface area contributed by atoms with Crippen LogP contribution in [-0.4, -0.2) is 16.6 Å². The molecule has 2 aromatic rings. The fourth-order valence-corrected chi connectivity index (χ4v) is 1.68. The molecule has 5 heteroatoms. The average molecular weight is 262 g/mol. The number of carbonyl (C=O) groups excluding carboxylic acids is 1. The van der Waals surface area contributed by atoms with Crippen LogP contribution >= 0.6 is 11.6 Å². The fourth-order valence-electron chi connectivity index (χ4n) is 1.46. The molecule has 0 atom stereocenters. The number of H-pyrrole nitrogens is 1. The molecule has 1 aromatic carbocycles. The van der Waals surface area contributed by atoms with E-state index in [4.69, 9.17) is 11.6 Å². The van der Waals surface area contributed by atoms with E-state index in [2.05, 4.69) is 15.5 Å². The van der Waals surface area contributed by atoms with E-state index < -0.39 is 0 Å². The van der Waals surface area contributed by atoms with Gasteiger partial charge in [0.25, 0.3) is 5.91 Å². The molecule has 2 N–H and O–H groups in total. The number of hydrogen-bond donors (Lipinski definition) is 2. The van der Waals surface area contributed by atoms with Crippen molar-refractivity contribution in [2.24, 2.45) is 5.10 Å². The zero-order valence-electron chi connectivity index (χ0n) is 9.77. The summed E-state index contributed by atoms with van der Waals surface area (Å²) in [6.45, 7) is 1.80. The second-order valence-corrected chi connectivity index (χ2v) is 4.11. The van der Waals surface area contributed by atoms with Crippen molar-refractivity contribution in [1.29, 1.82) is 0 Å². The highest BCUT2D eigenvalue weighted by Crippen LogP contribution is 2.14. The zero-order chi connectivity index (χ0) is 13.0. The number of amides is 1. The summed E-state index contributed by atoms with van der Waals surface area (Å²) in [5.74, 6) is -0.327. The van der Waals surface area contributed by atoms with Gasteiger partial charge >= 0.3 is 0 Å². The standard InChI is InChI=1S/C13H12ClN3O/c1-9(12-7-4-8-15-12)16-17-13(18)10-5-2-3-6-11(10)14/h2-8,15H,1H3,(H,17,18). The molecule has 0 aliphatic rings. The van der Waals surface area contributed by atoms with Crippen LogP contribution in [0.15, 0.2) is 47.7 Å². The molecule has 0 aliphatic carbocycles.